The summed E-state index contributed by atoms with van der Waals surface area (Å²) in [6, 6.07) is -0.716. The highest BCUT2D eigenvalue weighted by Crippen LogP contribution is 2.25. The van der Waals surface area contributed by atoms with Gasteiger partial charge in [-0.3, -0.25) is 4.79 Å². The number of rotatable bonds is 5. The first kappa shape index (κ1) is 18.2. The largest absolute Gasteiger partial charge is 0.479 e. The van der Waals surface area contributed by atoms with Crippen molar-refractivity contribution in [3.8, 4) is 0 Å². The van der Waals surface area contributed by atoms with Gasteiger partial charge in [0.1, 0.15) is 6.04 Å². The van der Waals surface area contributed by atoms with Crippen LogP contribution in [0, 0.1) is 0 Å². The van der Waals surface area contributed by atoms with E-state index in [1.807, 2.05) is 0 Å². The van der Waals surface area contributed by atoms with Gasteiger partial charge in [0.25, 0.3) is 0 Å². The summed E-state index contributed by atoms with van der Waals surface area (Å²) in [4.78, 5) is 25.3. The first-order valence-corrected chi connectivity index (χ1v) is 9.53. The number of carboxylic acid groups (broad SMARTS) is 1. The lowest BCUT2D eigenvalue weighted by atomic mass is 10.1. The van der Waals surface area contributed by atoms with Crippen molar-refractivity contribution < 1.29 is 27.9 Å². The summed E-state index contributed by atoms with van der Waals surface area (Å²) in [5, 5.41) is 9.10. The van der Waals surface area contributed by atoms with E-state index >= 15 is 0 Å². The molecule has 2 fully saturated rings. The molecular formula is C14H24N2O6S. The maximum Gasteiger partial charge on any atom is 0.334 e. The van der Waals surface area contributed by atoms with Gasteiger partial charge < -0.3 is 14.7 Å². The van der Waals surface area contributed by atoms with Crippen molar-refractivity contribution in [3.05, 3.63) is 0 Å². The molecule has 1 N–H and O–H groups in total. The molecule has 1 amide bonds. The number of morpholine rings is 1. The van der Waals surface area contributed by atoms with E-state index in [-0.39, 0.29) is 24.7 Å². The van der Waals surface area contributed by atoms with Gasteiger partial charge in [0.15, 0.2) is 6.10 Å². The minimum atomic E-state index is -3.45. The molecule has 2 aliphatic rings. The van der Waals surface area contributed by atoms with Crippen LogP contribution in [0.5, 0.6) is 0 Å². The Kier molecular flexibility index (Phi) is 5.64. The van der Waals surface area contributed by atoms with Crippen LogP contribution in [-0.2, 0) is 24.3 Å². The summed E-state index contributed by atoms with van der Waals surface area (Å²) in [7, 11) is -3.45. The number of carbonyl (C=O) groups is 2. The summed E-state index contributed by atoms with van der Waals surface area (Å²) in [5.74, 6) is -1.41. The third-order valence-corrected chi connectivity index (χ3v) is 6.23. The topological polar surface area (TPSA) is 104 Å². The molecule has 0 aliphatic carbocycles. The molecule has 2 unspecified atom stereocenters. The van der Waals surface area contributed by atoms with Crippen LogP contribution in [0.15, 0.2) is 0 Å². The predicted molar refractivity (Wildman–Crippen MR) is 82.4 cm³/mol. The average molecular weight is 348 g/mol. The van der Waals surface area contributed by atoms with Gasteiger partial charge in [-0.25, -0.2) is 13.2 Å². The highest BCUT2D eigenvalue weighted by atomic mass is 32.2. The van der Waals surface area contributed by atoms with Crippen molar-refractivity contribution in [2.24, 2.45) is 0 Å². The van der Waals surface area contributed by atoms with E-state index in [0.29, 0.717) is 25.8 Å². The van der Waals surface area contributed by atoms with Gasteiger partial charge in [0.05, 0.1) is 18.4 Å². The van der Waals surface area contributed by atoms with Crippen LogP contribution in [-0.4, -0.2) is 78.2 Å². The number of hydrogen-bond donors (Lipinski definition) is 1. The van der Waals surface area contributed by atoms with Crippen LogP contribution in [0.1, 0.15) is 33.1 Å². The van der Waals surface area contributed by atoms with Gasteiger partial charge in [-0.05, 0) is 26.2 Å². The van der Waals surface area contributed by atoms with Crippen molar-refractivity contribution in [1.29, 1.82) is 0 Å². The molecule has 0 aromatic carbocycles. The monoisotopic (exact) mass is 348 g/mol. The Morgan fingerprint density at radius 1 is 1.30 bits per heavy atom. The third-order valence-electron chi connectivity index (χ3n) is 4.16. The van der Waals surface area contributed by atoms with Crippen LogP contribution in [0.3, 0.4) is 0 Å². The lowest BCUT2D eigenvalue weighted by molar-refractivity contribution is -0.167. The molecule has 2 rings (SSSR count). The summed E-state index contributed by atoms with van der Waals surface area (Å²) in [5.41, 5.74) is 0. The fourth-order valence-electron chi connectivity index (χ4n) is 3.17. The maximum atomic E-state index is 12.7. The van der Waals surface area contributed by atoms with E-state index in [1.165, 1.54) is 9.21 Å². The Bertz CT molecular complexity index is 564. The lowest BCUT2D eigenvalue weighted by Crippen LogP contribution is -2.56. The SMILES string of the molecule is CCCS(=O)(=O)N1CCCC1C(=O)N1CC(C(=O)O)O[C@H](C)C1. The quantitative estimate of drug-likeness (QED) is 0.743. The molecule has 0 radical (unpaired) electrons. The average Bonchev–Trinajstić information content (AvgIpc) is 2.96. The van der Waals surface area contributed by atoms with Crippen LogP contribution in [0.4, 0.5) is 0 Å². The summed E-state index contributed by atoms with van der Waals surface area (Å²) >= 11 is 0. The van der Waals surface area contributed by atoms with Crippen LogP contribution in [0.25, 0.3) is 0 Å². The Hall–Kier alpha value is -1.19. The first-order valence-electron chi connectivity index (χ1n) is 7.92. The number of amides is 1. The molecule has 0 aromatic rings. The van der Waals surface area contributed by atoms with Crippen molar-refractivity contribution >= 4 is 21.9 Å². The van der Waals surface area contributed by atoms with Crippen molar-refractivity contribution in [1.82, 2.24) is 9.21 Å². The third kappa shape index (κ3) is 4.02. The Morgan fingerprint density at radius 3 is 2.61 bits per heavy atom. The fourth-order valence-corrected chi connectivity index (χ4v) is 4.91. The van der Waals surface area contributed by atoms with Crippen LogP contribution >= 0.6 is 0 Å². The van der Waals surface area contributed by atoms with E-state index in [2.05, 4.69) is 0 Å². The number of carboxylic acids is 1. The smallest absolute Gasteiger partial charge is 0.334 e. The zero-order chi connectivity index (χ0) is 17.2. The maximum absolute atomic E-state index is 12.7. The van der Waals surface area contributed by atoms with E-state index < -0.39 is 34.2 Å². The normalized spacial score (nSPS) is 29.7. The van der Waals surface area contributed by atoms with Gasteiger partial charge in [-0.1, -0.05) is 6.92 Å². The number of carbonyl (C=O) groups excluding carboxylic acids is 1. The zero-order valence-electron chi connectivity index (χ0n) is 13.5. The Morgan fingerprint density at radius 2 is 2.00 bits per heavy atom. The van der Waals surface area contributed by atoms with E-state index in [1.54, 1.807) is 13.8 Å². The van der Waals surface area contributed by atoms with Crippen LogP contribution < -0.4 is 0 Å². The second kappa shape index (κ2) is 7.14. The highest BCUT2D eigenvalue weighted by Gasteiger charge is 2.42. The Balaban J connectivity index is 2.13. The highest BCUT2D eigenvalue weighted by molar-refractivity contribution is 7.89. The molecule has 132 valence electrons. The van der Waals surface area contributed by atoms with E-state index in [4.69, 9.17) is 9.84 Å². The minimum absolute atomic E-state index is 0.0219. The van der Waals surface area contributed by atoms with Gasteiger partial charge in [-0.2, -0.15) is 4.31 Å². The molecule has 8 nitrogen and oxygen atoms in total. The molecule has 0 bridgehead atoms. The molecular weight excluding hydrogens is 324 g/mol. The Labute approximate surface area is 136 Å². The minimum Gasteiger partial charge on any atom is -0.479 e. The van der Waals surface area contributed by atoms with Gasteiger partial charge >= 0.3 is 5.97 Å². The van der Waals surface area contributed by atoms with Gasteiger partial charge in [0.2, 0.25) is 15.9 Å². The van der Waals surface area contributed by atoms with Crippen molar-refractivity contribution in [3.63, 3.8) is 0 Å². The molecule has 3 atom stereocenters. The fraction of sp³-hybridized carbons (Fsp3) is 0.857. The number of ether oxygens (including phenoxy) is 1. The first-order chi connectivity index (χ1) is 10.8. The predicted octanol–water partition coefficient (Wildman–Crippen LogP) is -0.109. The number of nitrogens with zero attached hydrogens (tertiary/aromatic N) is 2. The zero-order valence-corrected chi connectivity index (χ0v) is 14.3. The van der Waals surface area contributed by atoms with Gasteiger partial charge in [0, 0.05) is 13.1 Å². The van der Waals surface area contributed by atoms with E-state index in [9.17, 15) is 18.0 Å². The molecule has 2 aliphatic heterocycles. The number of hydrogen-bond acceptors (Lipinski definition) is 5. The molecule has 0 aromatic heterocycles. The van der Waals surface area contributed by atoms with Crippen molar-refractivity contribution in [2.75, 3.05) is 25.4 Å². The standard InChI is InChI=1S/C14H24N2O6S/c1-3-7-23(20,21)16-6-4-5-11(16)13(17)15-8-10(2)22-12(9-15)14(18)19/h10-12H,3-9H2,1-2H3,(H,18,19)/t10-,11?,12?/m1/s1. The summed E-state index contributed by atoms with van der Waals surface area (Å²) < 4.78 is 31.2. The molecule has 0 saturated carbocycles. The summed E-state index contributed by atoms with van der Waals surface area (Å²) in [6.07, 6.45) is 0.156. The number of sulfonamides is 1. The lowest BCUT2D eigenvalue weighted by Gasteiger charge is -2.37. The molecule has 23 heavy (non-hydrogen) atoms. The van der Waals surface area contributed by atoms with Gasteiger partial charge in [-0.15, -0.1) is 0 Å². The number of aliphatic carboxylic acids is 1. The molecule has 2 saturated heterocycles. The molecule has 9 heteroatoms. The summed E-state index contributed by atoms with van der Waals surface area (Å²) in [6.45, 7) is 4.07. The second-order valence-corrected chi connectivity index (χ2v) is 8.14. The second-order valence-electron chi connectivity index (χ2n) is 6.10. The molecule has 2 heterocycles. The van der Waals surface area contributed by atoms with Crippen molar-refractivity contribution in [2.45, 2.75) is 51.4 Å². The molecule has 0 spiro atoms. The van der Waals surface area contributed by atoms with E-state index in [0.717, 1.165) is 0 Å². The van der Waals surface area contributed by atoms with Crippen LogP contribution in [0.2, 0.25) is 0 Å².